The van der Waals surface area contributed by atoms with Crippen molar-refractivity contribution in [2.75, 3.05) is 0 Å². The van der Waals surface area contributed by atoms with Crippen LogP contribution in [-0.2, 0) is 78.9 Å². The fourth-order valence-electron chi connectivity index (χ4n) is 0.796. The molecule has 12 heavy (non-hydrogen) atoms. The Kier molecular flexibility index (Phi) is 9.71. The number of aromatic nitrogens is 2. The van der Waals surface area contributed by atoms with E-state index in [0.717, 1.165) is 12.1 Å². The van der Waals surface area contributed by atoms with Crippen molar-refractivity contribution >= 4 is 0 Å². The van der Waals surface area contributed by atoms with Crippen LogP contribution < -0.4 is 5.43 Å². The molecular formula is C7H9N2OY2-. The average molecular weight is 315 g/mol. The number of aryl methyl sites for hydroxylation is 2. The van der Waals surface area contributed by atoms with Crippen molar-refractivity contribution in [2.24, 2.45) is 7.05 Å². The first-order chi connectivity index (χ1) is 4.74. The SMILES string of the molecule is CCc1cc(=O)[c-]nn1C.[Y].[Y]. The summed E-state index contributed by atoms with van der Waals surface area (Å²) in [4.78, 5) is 10.7. The van der Waals surface area contributed by atoms with Crippen LogP contribution in [0.4, 0.5) is 0 Å². The van der Waals surface area contributed by atoms with Gasteiger partial charge in [-0.15, -0.1) is 6.07 Å². The van der Waals surface area contributed by atoms with Gasteiger partial charge in [0.1, 0.15) is 0 Å². The van der Waals surface area contributed by atoms with Crippen LogP contribution in [-0.4, -0.2) is 9.78 Å². The summed E-state index contributed by atoms with van der Waals surface area (Å²) in [5.74, 6) is 0. The standard InChI is InChI=1S/C7H9N2O.2Y/c1-3-6-4-7(10)5-8-9(6)2;;/h4H,3H2,1-2H3;;/q-1;;. The first-order valence-corrected chi connectivity index (χ1v) is 3.19. The van der Waals surface area contributed by atoms with Crippen molar-refractivity contribution in [1.82, 2.24) is 9.78 Å². The zero-order chi connectivity index (χ0) is 7.56. The van der Waals surface area contributed by atoms with E-state index in [9.17, 15) is 4.79 Å². The summed E-state index contributed by atoms with van der Waals surface area (Å²) in [5.41, 5.74) is 0.790. The molecule has 2 radical (unpaired) electrons. The van der Waals surface area contributed by atoms with Gasteiger partial charge in [0.2, 0.25) is 0 Å². The number of hydrogen-bond donors (Lipinski definition) is 0. The van der Waals surface area contributed by atoms with Gasteiger partial charge in [-0.05, 0) is 12.1 Å². The van der Waals surface area contributed by atoms with E-state index in [2.05, 4.69) is 11.3 Å². The zero-order valence-corrected chi connectivity index (χ0v) is 12.9. The minimum Gasteiger partial charge on any atom is -0.331 e. The molecule has 0 fully saturated rings. The van der Waals surface area contributed by atoms with Crippen LogP contribution in [0, 0.1) is 6.20 Å². The molecule has 0 aliphatic heterocycles. The third kappa shape index (κ3) is 4.36. The summed E-state index contributed by atoms with van der Waals surface area (Å²) in [6, 6.07) is 1.55. The average Bonchev–Trinajstić information content (AvgIpc) is 1.94. The van der Waals surface area contributed by atoms with E-state index in [4.69, 9.17) is 0 Å². The van der Waals surface area contributed by atoms with E-state index in [-0.39, 0.29) is 70.8 Å². The number of hydrogen-bond acceptors (Lipinski definition) is 2. The third-order valence-electron chi connectivity index (χ3n) is 1.39. The first kappa shape index (κ1) is 15.6. The maximum absolute atomic E-state index is 10.7. The van der Waals surface area contributed by atoms with E-state index in [1.165, 1.54) is 0 Å². The maximum atomic E-state index is 10.7. The molecule has 0 bridgehead atoms. The van der Waals surface area contributed by atoms with Crippen LogP contribution in [0.5, 0.6) is 0 Å². The molecule has 0 amide bonds. The molecule has 0 aromatic carbocycles. The Labute approximate surface area is 122 Å². The maximum Gasteiger partial charge on any atom is 0.0336 e. The van der Waals surface area contributed by atoms with Crippen molar-refractivity contribution in [1.29, 1.82) is 0 Å². The fourth-order valence-corrected chi connectivity index (χ4v) is 0.796. The van der Waals surface area contributed by atoms with Gasteiger partial charge in [0.15, 0.2) is 0 Å². The minimum absolute atomic E-state index is 0. The van der Waals surface area contributed by atoms with Crippen LogP contribution in [0.15, 0.2) is 10.9 Å². The topological polar surface area (TPSA) is 34.9 Å². The van der Waals surface area contributed by atoms with Gasteiger partial charge in [-0.25, -0.2) is 0 Å². The first-order valence-electron chi connectivity index (χ1n) is 3.19. The van der Waals surface area contributed by atoms with Crippen LogP contribution in [0.1, 0.15) is 12.6 Å². The van der Waals surface area contributed by atoms with Gasteiger partial charge in [-0.2, -0.15) is 0 Å². The van der Waals surface area contributed by atoms with Gasteiger partial charge >= 0.3 is 0 Å². The molecule has 0 atom stereocenters. The molecule has 0 saturated heterocycles. The predicted octanol–water partition coefficient (Wildman–Crippen LogP) is 0.138. The van der Waals surface area contributed by atoms with E-state index >= 15 is 0 Å². The molecule has 5 heteroatoms. The molecule has 1 aromatic heterocycles. The summed E-state index contributed by atoms with van der Waals surface area (Å²) < 4.78 is 1.65. The molecule has 60 valence electrons. The smallest absolute Gasteiger partial charge is 0.0336 e. The van der Waals surface area contributed by atoms with Gasteiger partial charge in [0.05, 0.1) is 0 Å². The Hall–Kier alpha value is 1.09. The van der Waals surface area contributed by atoms with Gasteiger partial charge in [0, 0.05) is 77.9 Å². The van der Waals surface area contributed by atoms with Crippen LogP contribution in [0.2, 0.25) is 0 Å². The summed E-state index contributed by atoms with van der Waals surface area (Å²) in [7, 11) is 1.80. The summed E-state index contributed by atoms with van der Waals surface area (Å²) in [6.45, 7) is 1.98. The third-order valence-corrected chi connectivity index (χ3v) is 1.39. The van der Waals surface area contributed by atoms with Crippen LogP contribution in [0.25, 0.3) is 0 Å². The summed E-state index contributed by atoms with van der Waals surface area (Å²) in [6.07, 6.45) is 3.16. The fraction of sp³-hybridized carbons (Fsp3) is 0.429. The normalized spacial score (nSPS) is 8.17. The summed E-state index contributed by atoms with van der Waals surface area (Å²) in [5, 5.41) is 3.73. The van der Waals surface area contributed by atoms with Gasteiger partial charge in [0.25, 0.3) is 0 Å². The molecule has 0 unspecified atom stereocenters. The van der Waals surface area contributed by atoms with Crippen molar-refractivity contribution in [3.05, 3.63) is 28.2 Å². The minimum atomic E-state index is -0.144. The Morgan fingerprint density at radius 2 is 2.17 bits per heavy atom. The van der Waals surface area contributed by atoms with E-state index in [1.54, 1.807) is 17.8 Å². The van der Waals surface area contributed by atoms with E-state index in [1.807, 2.05) is 6.92 Å². The van der Waals surface area contributed by atoms with Gasteiger partial charge < -0.3 is 9.48 Å². The van der Waals surface area contributed by atoms with Crippen LogP contribution >= 0.6 is 0 Å². The molecule has 1 heterocycles. The van der Waals surface area contributed by atoms with Crippen LogP contribution in [0.3, 0.4) is 0 Å². The van der Waals surface area contributed by atoms with Crippen molar-refractivity contribution in [3.8, 4) is 0 Å². The Balaban J connectivity index is 0. The molecule has 1 aromatic rings. The van der Waals surface area contributed by atoms with E-state index < -0.39 is 0 Å². The number of rotatable bonds is 1. The predicted molar refractivity (Wildman–Crippen MR) is 37.7 cm³/mol. The molecule has 0 spiro atoms. The Morgan fingerprint density at radius 3 is 2.58 bits per heavy atom. The molecule has 0 aliphatic carbocycles. The number of nitrogens with zero attached hydrogens (tertiary/aromatic N) is 2. The molecule has 3 nitrogen and oxygen atoms in total. The quantitative estimate of drug-likeness (QED) is 0.691. The molecular weight excluding hydrogens is 306 g/mol. The Morgan fingerprint density at radius 1 is 1.58 bits per heavy atom. The Bertz CT molecular complexity index is 285. The second kappa shape index (κ2) is 7.49. The second-order valence-electron chi connectivity index (χ2n) is 2.09. The van der Waals surface area contributed by atoms with Gasteiger partial charge in [-0.3, -0.25) is 5.10 Å². The van der Waals surface area contributed by atoms with Crippen molar-refractivity contribution in [3.63, 3.8) is 0 Å². The van der Waals surface area contributed by atoms with E-state index in [0.29, 0.717) is 0 Å². The molecule has 1 rings (SSSR count). The monoisotopic (exact) mass is 315 g/mol. The molecule has 0 saturated carbocycles. The summed E-state index contributed by atoms with van der Waals surface area (Å²) >= 11 is 0. The largest absolute Gasteiger partial charge is 0.331 e. The molecule has 0 N–H and O–H groups in total. The van der Waals surface area contributed by atoms with Crippen molar-refractivity contribution in [2.45, 2.75) is 13.3 Å². The van der Waals surface area contributed by atoms with Gasteiger partial charge in [-0.1, -0.05) is 13.1 Å². The van der Waals surface area contributed by atoms with Crippen molar-refractivity contribution < 1.29 is 65.4 Å². The second-order valence-corrected chi connectivity index (χ2v) is 2.09. The zero-order valence-electron chi connectivity index (χ0n) is 7.24. The molecule has 0 aliphatic rings.